The molecule has 1 rings (SSSR count). The van der Waals surface area contributed by atoms with Gasteiger partial charge in [0.15, 0.2) is 0 Å². The van der Waals surface area contributed by atoms with E-state index in [0.29, 0.717) is 0 Å². The van der Waals surface area contributed by atoms with Crippen molar-refractivity contribution in [1.82, 2.24) is 10.2 Å². The van der Waals surface area contributed by atoms with Gasteiger partial charge in [-0.2, -0.15) is 0 Å². The summed E-state index contributed by atoms with van der Waals surface area (Å²) < 4.78 is 0. The summed E-state index contributed by atoms with van der Waals surface area (Å²) in [7, 11) is 0. The Morgan fingerprint density at radius 1 is 1.33 bits per heavy atom. The Morgan fingerprint density at radius 2 is 2.11 bits per heavy atom. The van der Waals surface area contributed by atoms with Crippen molar-refractivity contribution in [3.8, 4) is 0 Å². The van der Waals surface area contributed by atoms with Crippen LogP contribution in [-0.4, -0.2) is 41.6 Å². The Balaban J connectivity index is 2.28. The molecule has 5 nitrogen and oxygen atoms in total. The smallest absolute Gasteiger partial charge is 0.317 e. The van der Waals surface area contributed by atoms with Crippen molar-refractivity contribution in [2.75, 3.05) is 19.6 Å². The normalized spacial score (nSPS) is 20.3. The van der Waals surface area contributed by atoms with Crippen LogP contribution in [0.1, 0.15) is 45.4 Å². The SMILES string of the molecule is CCCC1CCCN(C(=O)NCCC(=O)O)CC1. The van der Waals surface area contributed by atoms with Gasteiger partial charge in [-0.15, -0.1) is 0 Å². The Labute approximate surface area is 109 Å². The first kappa shape index (κ1) is 14.8. The minimum absolute atomic E-state index is 0.0158. The average molecular weight is 256 g/mol. The molecule has 0 saturated carbocycles. The van der Waals surface area contributed by atoms with E-state index in [1.54, 1.807) is 0 Å². The molecule has 1 aliphatic heterocycles. The fourth-order valence-electron chi connectivity index (χ4n) is 2.45. The van der Waals surface area contributed by atoms with Crippen LogP contribution >= 0.6 is 0 Å². The van der Waals surface area contributed by atoms with E-state index in [4.69, 9.17) is 5.11 Å². The van der Waals surface area contributed by atoms with E-state index in [1.807, 2.05) is 4.90 Å². The van der Waals surface area contributed by atoms with Crippen molar-refractivity contribution in [2.45, 2.75) is 45.4 Å². The van der Waals surface area contributed by atoms with Gasteiger partial charge >= 0.3 is 12.0 Å². The van der Waals surface area contributed by atoms with Crippen LogP contribution in [0.4, 0.5) is 4.79 Å². The van der Waals surface area contributed by atoms with Crippen molar-refractivity contribution >= 4 is 12.0 Å². The summed E-state index contributed by atoms with van der Waals surface area (Å²) in [6.45, 7) is 3.99. The van der Waals surface area contributed by atoms with E-state index in [0.717, 1.165) is 31.8 Å². The lowest BCUT2D eigenvalue weighted by Gasteiger charge is -2.21. The lowest BCUT2D eigenvalue weighted by Crippen LogP contribution is -2.41. The first-order valence-electron chi connectivity index (χ1n) is 6.88. The lowest BCUT2D eigenvalue weighted by atomic mass is 9.96. The maximum atomic E-state index is 11.8. The lowest BCUT2D eigenvalue weighted by molar-refractivity contribution is -0.136. The first-order valence-corrected chi connectivity index (χ1v) is 6.88. The Hall–Kier alpha value is -1.26. The molecule has 0 bridgehead atoms. The third-order valence-corrected chi connectivity index (χ3v) is 3.45. The predicted molar refractivity (Wildman–Crippen MR) is 69.5 cm³/mol. The molecule has 1 fully saturated rings. The van der Waals surface area contributed by atoms with Gasteiger partial charge in [0.1, 0.15) is 0 Å². The number of carboxylic acids is 1. The second kappa shape index (κ2) is 7.95. The largest absolute Gasteiger partial charge is 0.481 e. The molecule has 0 aliphatic carbocycles. The quantitative estimate of drug-likeness (QED) is 0.791. The number of urea groups is 1. The van der Waals surface area contributed by atoms with E-state index in [9.17, 15) is 9.59 Å². The highest BCUT2D eigenvalue weighted by molar-refractivity contribution is 5.75. The molecule has 2 amide bonds. The molecule has 0 aromatic heterocycles. The fourth-order valence-corrected chi connectivity index (χ4v) is 2.45. The number of rotatable bonds is 5. The van der Waals surface area contributed by atoms with Crippen LogP contribution < -0.4 is 5.32 Å². The molecule has 18 heavy (non-hydrogen) atoms. The van der Waals surface area contributed by atoms with Crippen LogP contribution in [0.25, 0.3) is 0 Å². The molecule has 2 N–H and O–H groups in total. The molecule has 1 aliphatic rings. The summed E-state index contributed by atoms with van der Waals surface area (Å²) in [6, 6.07) is -0.117. The van der Waals surface area contributed by atoms with Crippen LogP contribution in [0.2, 0.25) is 0 Å². The maximum absolute atomic E-state index is 11.8. The van der Waals surface area contributed by atoms with E-state index >= 15 is 0 Å². The van der Waals surface area contributed by atoms with Gasteiger partial charge in [-0.1, -0.05) is 19.8 Å². The average Bonchev–Trinajstić information content (AvgIpc) is 2.54. The number of carboxylic acid groups (broad SMARTS) is 1. The molecule has 104 valence electrons. The standard InChI is InChI=1S/C13H24N2O3/c1-2-4-11-5-3-9-15(10-7-11)13(18)14-8-6-12(16)17/h11H,2-10H2,1H3,(H,14,18)(H,16,17). The molecule has 0 spiro atoms. The van der Waals surface area contributed by atoms with Crippen molar-refractivity contribution in [3.63, 3.8) is 0 Å². The zero-order valence-corrected chi connectivity index (χ0v) is 11.2. The van der Waals surface area contributed by atoms with Gasteiger partial charge in [0, 0.05) is 19.6 Å². The molecule has 0 aromatic rings. The predicted octanol–water partition coefficient (Wildman–Crippen LogP) is 2.07. The van der Waals surface area contributed by atoms with Crippen LogP contribution in [0.15, 0.2) is 0 Å². The molecule has 1 unspecified atom stereocenters. The van der Waals surface area contributed by atoms with Crippen molar-refractivity contribution < 1.29 is 14.7 Å². The highest BCUT2D eigenvalue weighted by Gasteiger charge is 2.19. The van der Waals surface area contributed by atoms with E-state index in [2.05, 4.69) is 12.2 Å². The Morgan fingerprint density at radius 3 is 2.78 bits per heavy atom. The van der Waals surface area contributed by atoms with Crippen molar-refractivity contribution in [3.05, 3.63) is 0 Å². The van der Waals surface area contributed by atoms with Gasteiger partial charge in [-0.25, -0.2) is 4.79 Å². The zero-order chi connectivity index (χ0) is 13.4. The second-order valence-corrected chi connectivity index (χ2v) is 4.95. The second-order valence-electron chi connectivity index (χ2n) is 4.95. The highest BCUT2D eigenvalue weighted by Crippen LogP contribution is 2.21. The zero-order valence-electron chi connectivity index (χ0n) is 11.2. The monoisotopic (exact) mass is 256 g/mol. The van der Waals surface area contributed by atoms with Crippen molar-refractivity contribution in [2.24, 2.45) is 5.92 Å². The highest BCUT2D eigenvalue weighted by atomic mass is 16.4. The van der Waals surface area contributed by atoms with Crippen LogP contribution in [0, 0.1) is 5.92 Å². The molecule has 1 heterocycles. The van der Waals surface area contributed by atoms with Gasteiger partial charge < -0.3 is 15.3 Å². The number of hydrogen-bond donors (Lipinski definition) is 2. The number of hydrogen-bond acceptors (Lipinski definition) is 2. The summed E-state index contributed by atoms with van der Waals surface area (Å²) in [5, 5.41) is 11.2. The maximum Gasteiger partial charge on any atom is 0.317 e. The Bertz CT molecular complexity index is 281. The molecular formula is C13H24N2O3. The van der Waals surface area contributed by atoms with Crippen LogP contribution in [0.5, 0.6) is 0 Å². The van der Waals surface area contributed by atoms with Crippen LogP contribution in [0.3, 0.4) is 0 Å². The molecule has 0 aromatic carbocycles. The fraction of sp³-hybridized carbons (Fsp3) is 0.846. The molecule has 1 atom stereocenters. The number of aliphatic carboxylic acids is 1. The summed E-state index contributed by atoms with van der Waals surface area (Å²) in [4.78, 5) is 24.0. The molecule has 5 heteroatoms. The minimum Gasteiger partial charge on any atom is -0.481 e. The van der Waals surface area contributed by atoms with Gasteiger partial charge in [0.2, 0.25) is 0 Å². The summed E-state index contributed by atoms with van der Waals surface area (Å²) in [6.07, 6.45) is 5.76. The first-order chi connectivity index (χ1) is 8.63. The number of likely N-dealkylation sites (tertiary alicyclic amines) is 1. The van der Waals surface area contributed by atoms with E-state index in [-0.39, 0.29) is 19.0 Å². The number of amides is 2. The number of nitrogens with one attached hydrogen (secondary N) is 1. The van der Waals surface area contributed by atoms with Gasteiger partial charge in [0.25, 0.3) is 0 Å². The molecule has 1 saturated heterocycles. The third kappa shape index (κ3) is 5.38. The van der Waals surface area contributed by atoms with Gasteiger partial charge in [0.05, 0.1) is 6.42 Å². The van der Waals surface area contributed by atoms with Gasteiger partial charge in [-0.05, 0) is 25.2 Å². The summed E-state index contributed by atoms with van der Waals surface area (Å²) in [5.74, 6) is -0.138. The third-order valence-electron chi connectivity index (χ3n) is 3.45. The summed E-state index contributed by atoms with van der Waals surface area (Å²) >= 11 is 0. The van der Waals surface area contributed by atoms with E-state index < -0.39 is 5.97 Å². The van der Waals surface area contributed by atoms with Crippen LogP contribution in [-0.2, 0) is 4.79 Å². The summed E-state index contributed by atoms with van der Waals surface area (Å²) in [5.41, 5.74) is 0. The van der Waals surface area contributed by atoms with Gasteiger partial charge in [-0.3, -0.25) is 4.79 Å². The number of carbonyl (C=O) groups excluding carboxylic acids is 1. The number of nitrogens with zero attached hydrogens (tertiary/aromatic N) is 1. The molecular weight excluding hydrogens is 232 g/mol. The van der Waals surface area contributed by atoms with E-state index in [1.165, 1.54) is 19.3 Å². The topological polar surface area (TPSA) is 69.6 Å². The number of carbonyl (C=O) groups is 2. The Kier molecular flexibility index (Phi) is 6.54. The minimum atomic E-state index is -0.880. The van der Waals surface area contributed by atoms with Crippen molar-refractivity contribution in [1.29, 1.82) is 0 Å². The molecule has 0 radical (unpaired) electrons.